The van der Waals surface area contributed by atoms with Gasteiger partial charge in [0.25, 0.3) is 0 Å². The van der Waals surface area contributed by atoms with Gasteiger partial charge in [0.15, 0.2) is 0 Å². The van der Waals surface area contributed by atoms with Crippen molar-refractivity contribution in [2.45, 2.75) is 60.2 Å². The fourth-order valence-corrected chi connectivity index (χ4v) is 3.35. The first kappa shape index (κ1) is 15.2. The molecule has 0 aliphatic rings. The van der Waals surface area contributed by atoms with E-state index < -0.39 is 0 Å². The Balaban J connectivity index is 1.91. The van der Waals surface area contributed by atoms with E-state index in [-0.39, 0.29) is 0 Å². The van der Waals surface area contributed by atoms with Gasteiger partial charge in [-0.2, -0.15) is 5.10 Å². The van der Waals surface area contributed by atoms with E-state index in [9.17, 15) is 0 Å². The molecule has 20 heavy (non-hydrogen) atoms. The Hall–Kier alpha value is -1.20. The number of aromatic nitrogens is 3. The van der Waals surface area contributed by atoms with Gasteiger partial charge in [-0.3, -0.25) is 4.68 Å². The van der Waals surface area contributed by atoms with Crippen molar-refractivity contribution >= 4 is 11.3 Å². The lowest BCUT2D eigenvalue weighted by Crippen LogP contribution is -2.30. The summed E-state index contributed by atoms with van der Waals surface area (Å²) in [7, 11) is 0. The summed E-state index contributed by atoms with van der Waals surface area (Å²) < 4.78 is 2.08. The first-order valence-corrected chi connectivity index (χ1v) is 8.00. The molecule has 110 valence electrons. The molecule has 2 rings (SSSR count). The minimum Gasteiger partial charge on any atom is -0.307 e. The van der Waals surface area contributed by atoms with Gasteiger partial charge in [-0.1, -0.05) is 6.92 Å². The summed E-state index contributed by atoms with van der Waals surface area (Å²) in [5, 5.41) is 9.25. The molecule has 0 fully saturated rings. The van der Waals surface area contributed by atoms with E-state index in [0.717, 1.165) is 30.2 Å². The largest absolute Gasteiger partial charge is 0.307 e. The number of hydrogen-bond donors (Lipinski definition) is 1. The summed E-state index contributed by atoms with van der Waals surface area (Å²) in [6.07, 6.45) is 1.01. The normalized spacial score (nSPS) is 12.8. The topological polar surface area (TPSA) is 42.7 Å². The van der Waals surface area contributed by atoms with Crippen molar-refractivity contribution < 1.29 is 0 Å². The Kier molecular flexibility index (Phi) is 4.94. The molecule has 0 bridgehead atoms. The van der Waals surface area contributed by atoms with Crippen LogP contribution in [-0.2, 0) is 19.5 Å². The summed E-state index contributed by atoms with van der Waals surface area (Å²) in [6.45, 7) is 12.4. The molecule has 0 spiro atoms. The van der Waals surface area contributed by atoms with E-state index in [4.69, 9.17) is 0 Å². The van der Waals surface area contributed by atoms with Crippen LogP contribution >= 0.6 is 11.3 Å². The van der Waals surface area contributed by atoms with Crippen LogP contribution in [0.2, 0.25) is 0 Å². The predicted octanol–water partition coefficient (Wildman–Crippen LogP) is 3.01. The van der Waals surface area contributed by atoms with Crippen molar-refractivity contribution in [3.63, 3.8) is 0 Å². The highest BCUT2D eigenvalue weighted by molar-refractivity contribution is 7.11. The second kappa shape index (κ2) is 6.50. The quantitative estimate of drug-likeness (QED) is 0.890. The monoisotopic (exact) mass is 292 g/mol. The third kappa shape index (κ3) is 3.67. The molecule has 0 aromatic carbocycles. The minimum atomic E-state index is 0.389. The van der Waals surface area contributed by atoms with E-state index in [2.05, 4.69) is 53.8 Å². The van der Waals surface area contributed by atoms with Crippen LogP contribution in [0.25, 0.3) is 0 Å². The summed E-state index contributed by atoms with van der Waals surface area (Å²) in [5.74, 6) is 0. The standard InChI is InChI=1S/C15H24N4S/c1-6-14-15(20-13(5)17-14)8-16-11(3)9-19-12(4)7-10(2)18-19/h7,11,16H,6,8-9H2,1-5H3/t11-/m1/s1. The molecule has 0 aliphatic carbocycles. The zero-order chi connectivity index (χ0) is 14.7. The maximum atomic E-state index is 4.57. The van der Waals surface area contributed by atoms with Gasteiger partial charge in [0.05, 0.1) is 22.9 Å². The molecule has 2 aromatic rings. The Labute approximate surface area is 125 Å². The van der Waals surface area contributed by atoms with E-state index >= 15 is 0 Å². The van der Waals surface area contributed by atoms with Crippen LogP contribution in [0.5, 0.6) is 0 Å². The highest BCUT2D eigenvalue weighted by atomic mass is 32.1. The molecule has 2 heterocycles. The Bertz CT molecular complexity index is 570. The summed E-state index contributed by atoms with van der Waals surface area (Å²) in [4.78, 5) is 5.94. The molecule has 2 aromatic heterocycles. The van der Waals surface area contributed by atoms with Crippen LogP contribution in [0.3, 0.4) is 0 Å². The molecule has 1 N–H and O–H groups in total. The number of hydrogen-bond acceptors (Lipinski definition) is 4. The average Bonchev–Trinajstić information content (AvgIpc) is 2.89. The smallest absolute Gasteiger partial charge is 0.0900 e. The van der Waals surface area contributed by atoms with Crippen molar-refractivity contribution in [1.82, 2.24) is 20.1 Å². The van der Waals surface area contributed by atoms with Gasteiger partial charge in [0, 0.05) is 23.2 Å². The van der Waals surface area contributed by atoms with Crippen molar-refractivity contribution in [3.8, 4) is 0 Å². The second-order valence-electron chi connectivity index (χ2n) is 5.35. The minimum absolute atomic E-state index is 0.389. The van der Waals surface area contributed by atoms with Crippen molar-refractivity contribution in [2.75, 3.05) is 0 Å². The molecule has 0 amide bonds. The van der Waals surface area contributed by atoms with Gasteiger partial charge in [0.2, 0.25) is 0 Å². The van der Waals surface area contributed by atoms with Crippen LogP contribution in [0, 0.1) is 20.8 Å². The fourth-order valence-electron chi connectivity index (χ4n) is 2.38. The third-order valence-electron chi connectivity index (χ3n) is 3.38. The average molecular weight is 292 g/mol. The van der Waals surface area contributed by atoms with Gasteiger partial charge >= 0.3 is 0 Å². The maximum absolute atomic E-state index is 4.57. The molecule has 4 nitrogen and oxygen atoms in total. The zero-order valence-electron chi connectivity index (χ0n) is 13.0. The van der Waals surface area contributed by atoms with Gasteiger partial charge in [-0.05, 0) is 40.2 Å². The molecule has 0 unspecified atom stereocenters. The summed E-state index contributed by atoms with van der Waals surface area (Å²) in [5.41, 5.74) is 3.54. The lowest BCUT2D eigenvalue weighted by atomic mass is 10.2. The molecular weight excluding hydrogens is 268 g/mol. The van der Waals surface area contributed by atoms with Crippen LogP contribution in [0.1, 0.15) is 40.8 Å². The third-order valence-corrected chi connectivity index (χ3v) is 4.39. The predicted molar refractivity (Wildman–Crippen MR) is 84.2 cm³/mol. The van der Waals surface area contributed by atoms with Crippen molar-refractivity contribution in [3.05, 3.63) is 33.0 Å². The van der Waals surface area contributed by atoms with Gasteiger partial charge in [0.1, 0.15) is 0 Å². The molecule has 0 radical (unpaired) electrons. The van der Waals surface area contributed by atoms with Crippen molar-refractivity contribution in [2.24, 2.45) is 0 Å². The Morgan fingerprint density at radius 3 is 2.70 bits per heavy atom. The van der Waals surface area contributed by atoms with Crippen molar-refractivity contribution in [1.29, 1.82) is 0 Å². The lowest BCUT2D eigenvalue weighted by Gasteiger charge is -2.14. The Morgan fingerprint density at radius 2 is 2.10 bits per heavy atom. The zero-order valence-corrected chi connectivity index (χ0v) is 13.8. The number of nitrogens with one attached hydrogen (secondary N) is 1. The fraction of sp³-hybridized carbons (Fsp3) is 0.600. The number of rotatable bonds is 6. The molecule has 0 saturated heterocycles. The van der Waals surface area contributed by atoms with Crippen LogP contribution < -0.4 is 5.32 Å². The SMILES string of the molecule is CCc1nc(C)sc1CN[C@H](C)Cn1nc(C)cc1C. The first-order chi connectivity index (χ1) is 9.49. The second-order valence-corrected chi connectivity index (χ2v) is 6.64. The molecule has 0 saturated carbocycles. The number of aryl methyl sites for hydroxylation is 4. The number of nitrogens with zero attached hydrogens (tertiary/aromatic N) is 3. The van der Waals surface area contributed by atoms with E-state index in [1.807, 2.05) is 6.92 Å². The summed E-state index contributed by atoms with van der Waals surface area (Å²) in [6, 6.07) is 2.51. The van der Waals surface area contributed by atoms with E-state index in [0.29, 0.717) is 6.04 Å². The molecule has 1 atom stereocenters. The van der Waals surface area contributed by atoms with Crippen LogP contribution in [0.4, 0.5) is 0 Å². The van der Waals surface area contributed by atoms with E-state index in [1.54, 1.807) is 11.3 Å². The Morgan fingerprint density at radius 1 is 1.35 bits per heavy atom. The van der Waals surface area contributed by atoms with E-state index in [1.165, 1.54) is 16.3 Å². The van der Waals surface area contributed by atoms with Gasteiger partial charge < -0.3 is 5.32 Å². The summed E-state index contributed by atoms with van der Waals surface area (Å²) >= 11 is 1.80. The molecule has 0 aliphatic heterocycles. The maximum Gasteiger partial charge on any atom is 0.0900 e. The van der Waals surface area contributed by atoms with Crippen LogP contribution in [0.15, 0.2) is 6.07 Å². The lowest BCUT2D eigenvalue weighted by molar-refractivity contribution is 0.444. The highest BCUT2D eigenvalue weighted by Crippen LogP contribution is 2.18. The highest BCUT2D eigenvalue weighted by Gasteiger charge is 2.10. The molecular formula is C15H24N4S. The van der Waals surface area contributed by atoms with Gasteiger partial charge in [-0.15, -0.1) is 11.3 Å². The first-order valence-electron chi connectivity index (χ1n) is 7.19. The molecule has 5 heteroatoms. The number of thiazole rings is 1. The van der Waals surface area contributed by atoms with Crippen LogP contribution in [-0.4, -0.2) is 20.8 Å². The van der Waals surface area contributed by atoms with Gasteiger partial charge in [-0.25, -0.2) is 4.98 Å².